The lowest BCUT2D eigenvalue weighted by atomic mass is 10.2. The van der Waals surface area contributed by atoms with Gasteiger partial charge in [0.15, 0.2) is 5.82 Å². The van der Waals surface area contributed by atoms with Crippen molar-refractivity contribution >= 4 is 33.3 Å². The van der Waals surface area contributed by atoms with E-state index >= 15 is 0 Å². The van der Waals surface area contributed by atoms with Gasteiger partial charge in [-0.25, -0.2) is 14.8 Å². The minimum Gasteiger partial charge on any atom is -0.478 e. The normalized spacial score (nSPS) is 10.7. The summed E-state index contributed by atoms with van der Waals surface area (Å²) < 4.78 is 0. The largest absolute Gasteiger partial charge is 0.478 e. The number of hydrogen-bond acceptors (Lipinski definition) is 6. The topological polar surface area (TPSA) is 102 Å². The molecule has 0 saturated carbocycles. The van der Waals surface area contributed by atoms with Crippen LogP contribution in [0.5, 0.6) is 0 Å². The summed E-state index contributed by atoms with van der Waals surface area (Å²) in [5.74, 6) is -0.485. The molecule has 0 radical (unpaired) electrons. The highest BCUT2D eigenvalue weighted by molar-refractivity contribution is 7.17. The summed E-state index contributed by atoms with van der Waals surface area (Å²) in [7, 11) is 0. The maximum atomic E-state index is 11.1. The van der Waals surface area contributed by atoms with E-state index in [1.165, 1.54) is 16.7 Å². The van der Waals surface area contributed by atoms with E-state index in [0.29, 0.717) is 21.7 Å². The van der Waals surface area contributed by atoms with Gasteiger partial charge < -0.3 is 10.8 Å². The summed E-state index contributed by atoms with van der Waals surface area (Å²) in [4.78, 5) is 24.2. The van der Waals surface area contributed by atoms with Crippen molar-refractivity contribution in [1.82, 2.24) is 15.0 Å². The zero-order valence-electron chi connectivity index (χ0n) is 9.57. The summed E-state index contributed by atoms with van der Waals surface area (Å²) in [5.41, 5.74) is 6.57. The van der Waals surface area contributed by atoms with E-state index in [9.17, 15) is 4.79 Å². The molecule has 7 heteroatoms. The highest BCUT2D eigenvalue weighted by Gasteiger charge is 2.17. The first-order valence-corrected chi connectivity index (χ1v) is 6.24. The van der Waals surface area contributed by atoms with Crippen LogP contribution in [0, 0.1) is 0 Å². The van der Waals surface area contributed by atoms with E-state index in [2.05, 4.69) is 15.0 Å². The second-order valence-electron chi connectivity index (χ2n) is 3.78. The third-order valence-corrected chi connectivity index (χ3v) is 3.46. The lowest BCUT2D eigenvalue weighted by Crippen LogP contribution is -2.01. The first-order valence-electron chi connectivity index (χ1n) is 5.36. The molecule has 3 aromatic heterocycles. The Kier molecular flexibility index (Phi) is 2.60. The van der Waals surface area contributed by atoms with Crippen molar-refractivity contribution in [1.29, 1.82) is 0 Å². The predicted octanol–water partition coefficient (Wildman–Crippen LogP) is 2.03. The molecule has 0 unspecified atom stereocenters. The van der Waals surface area contributed by atoms with Crippen molar-refractivity contribution in [2.75, 3.05) is 5.73 Å². The van der Waals surface area contributed by atoms with Gasteiger partial charge in [0.05, 0.1) is 10.9 Å². The first-order chi connectivity index (χ1) is 9.16. The van der Waals surface area contributed by atoms with Gasteiger partial charge in [0, 0.05) is 11.6 Å². The smallest absolute Gasteiger partial charge is 0.337 e. The number of anilines is 1. The van der Waals surface area contributed by atoms with Crippen LogP contribution < -0.4 is 5.73 Å². The molecule has 0 aliphatic heterocycles. The van der Waals surface area contributed by atoms with E-state index in [-0.39, 0.29) is 11.4 Å². The van der Waals surface area contributed by atoms with Gasteiger partial charge in [-0.15, -0.1) is 11.3 Å². The number of hydrogen-bond donors (Lipinski definition) is 2. The van der Waals surface area contributed by atoms with Gasteiger partial charge in [0.2, 0.25) is 0 Å². The quantitative estimate of drug-likeness (QED) is 0.740. The van der Waals surface area contributed by atoms with E-state index in [4.69, 9.17) is 10.8 Å². The number of carboxylic acid groups (broad SMARTS) is 1. The molecule has 94 valence electrons. The SMILES string of the molecule is Nc1nc(-c2ccccn2)nc2scc(C(=O)O)c12. The molecule has 3 heterocycles. The Balaban J connectivity index is 2.25. The van der Waals surface area contributed by atoms with Crippen molar-refractivity contribution in [3.63, 3.8) is 0 Å². The van der Waals surface area contributed by atoms with Crippen LogP contribution in [-0.4, -0.2) is 26.0 Å². The van der Waals surface area contributed by atoms with E-state index < -0.39 is 5.97 Å². The molecule has 3 N–H and O–H groups in total. The number of fused-ring (bicyclic) bond motifs is 1. The third-order valence-electron chi connectivity index (χ3n) is 2.59. The van der Waals surface area contributed by atoms with Crippen molar-refractivity contribution in [3.05, 3.63) is 35.3 Å². The second kappa shape index (κ2) is 4.29. The van der Waals surface area contributed by atoms with E-state index in [1.807, 2.05) is 6.07 Å². The summed E-state index contributed by atoms with van der Waals surface area (Å²) in [6.07, 6.45) is 1.64. The molecule has 6 nitrogen and oxygen atoms in total. The van der Waals surface area contributed by atoms with Crippen LogP contribution in [0.15, 0.2) is 29.8 Å². The molecule has 3 rings (SSSR count). The van der Waals surface area contributed by atoms with Gasteiger partial charge in [0.1, 0.15) is 16.3 Å². The van der Waals surface area contributed by atoms with Gasteiger partial charge >= 0.3 is 5.97 Å². The number of thiophene rings is 1. The van der Waals surface area contributed by atoms with Crippen molar-refractivity contribution < 1.29 is 9.90 Å². The summed E-state index contributed by atoms with van der Waals surface area (Å²) in [6, 6.07) is 5.38. The lowest BCUT2D eigenvalue weighted by molar-refractivity contribution is 0.0699. The van der Waals surface area contributed by atoms with Crippen LogP contribution in [0.25, 0.3) is 21.7 Å². The van der Waals surface area contributed by atoms with Crippen molar-refractivity contribution in [2.24, 2.45) is 0 Å². The highest BCUT2D eigenvalue weighted by Crippen LogP contribution is 2.30. The first kappa shape index (κ1) is 11.5. The molecule has 0 aliphatic carbocycles. The zero-order valence-corrected chi connectivity index (χ0v) is 10.4. The fraction of sp³-hybridized carbons (Fsp3) is 0. The summed E-state index contributed by atoms with van der Waals surface area (Å²) >= 11 is 1.23. The Morgan fingerprint density at radius 3 is 2.84 bits per heavy atom. The highest BCUT2D eigenvalue weighted by atomic mass is 32.1. The number of aromatic carboxylic acids is 1. The minimum absolute atomic E-state index is 0.130. The van der Waals surface area contributed by atoms with E-state index in [1.54, 1.807) is 18.3 Å². The number of carbonyl (C=O) groups is 1. The lowest BCUT2D eigenvalue weighted by Gasteiger charge is -2.02. The van der Waals surface area contributed by atoms with Crippen LogP contribution in [0.2, 0.25) is 0 Å². The third kappa shape index (κ3) is 1.89. The van der Waals surface area contributed by atoms with Crippen LogP contribution >= 0.6 is 11.3 Å². The van der Waals surface area contributed by atoms with Crippen LogP contribution in [0.3, 0.4) is 0 Å². The Bertz CT molecular complexity index is 770. The number of pyridine rings is 1. The second-order valence-corrected chi connectivity index (χ2v) is 4.64. The molecular weight excluding hydrogens is 264 g/mol. The molecular formula is C12H8N4O2S. The van der Waals surface area contributed by atoms with Gasteiger partial charge in [0.25, 0.3) is 0 Å². The number of rotatable bonds is 2. The summed E-state index contributed by atoms with van der Waals surface area (Å²) in [6.45, 7) is 0. The molecule has 0 fully saturated rings. The molecule has 3 aromatic rings. The van der Waals surface area contributed by atoms with Crippen LogP contribution in [0.1, 0.15) is 10.4 Å². The van der Waals surface area contributed by atoms with Gasteiger partial charge in [-0.1, -0.05) is 6.07 Å². The monoisotopic (exact) mass is 272 g/mol. The molecule has 0 spiro atoms. The Morgan fingerprint density at radius 2 is 2.16 bits per heavy atom. The van der Waals surface area contributed by atoms with E-state index in [0.717, 1.165) is 0 Å². The number of carboxylic acids is 1. The maximum Gasteiger partial charge on any atom is 0.337 e. The Morgan fingerprint density at radius 1 is 1.32 bits per heavy atom. The molecule has 0 saturated heterocycles. The molecule has 0 aromatic carbocycles. The van der Waals surface area contributed by atoms with Crippen LogP contribution in [-0.2, 0) is 0 Å². The molecule has 0 atom stereocenters. The zero-order chi connectivity index (χ0) is 13.4. The average molecular weight is 272 g/mol. The van der Waals surface area contributed by atoms with Gasteiger partial charge in [-0.2, -0.15) is 0 Å². The maximum absolute atomic E-state index is 11.1. The fourth-order valence-electron chi connectivity index (χ4n) is 1.74. The summed E-state index contributed by atoms with van der Waals surface area (Å²) in [5, 5.41) is 11.0. The Labute approximate surface area is 111 Å². The molecule has 19 heavy (non-hydrogen) atoms. The standard InChI is InChI=1S/C12H8N4O2S/c13-9-8-6(12(17)18)5-19-11(8)16-10(15-9)7-3-1-2-4-14-7/h1-5H,(H,17,18)(H2,13,15,16). The average Bonchev–Trinajstić information content (AvgIpc) is 2.84. The molecule has 0 aliphatic rings. The van der Waals surface area contributed by atoms with Gasteiger partial charge in [-0.05, 0) is 12.1 Å². The minimum atomic E-state index is -1.04. The predicted molar refractivity (Wildman–Crippen MR) is 72.0 cm³/mol. The number of aromatic nitrogens is 3. The van der Waals surface area contributed by atoms with Crippen LogP contribution in [0.4, 0.5) is 5.82 Å². The number of nitrogens with two attached hydrogens (primary N) is 1. The Hall–Kier alpha value is -2.54. The number of nitrogens with zero attached hydrogens (tertiary/aromatic N) is 3. The molecule has 0 bridgehead atoms. The number of nitrogen functional groups attached to an aromatic ring is 1. The fourth-order valence-corrected chi connectivity index (χ4v) is 2.66. The van der Waals surface area contributed by atoms with Gasteiger partial charge in [-0.3, -0.25) is 4.98 Å². The van der Waals surface area contributed by atoms with Crippen molar-refractivity contribution in [2.45, 2.75) is 0 Å². The van der Waals surface area contributed by atoms with Crippen molar-refractivity contribution in [3.8, 4) is 11.5 Å². The molecule has 0 amide bonds.